The van der Waals surface area contributed by atoms with E-state index < -0.39 is 10.0 Å². The fraction of sp³-hybridized carbons (Fsp3) is 0.462. The highest BCUT2D eigenvalue weighted by Crippen LogP contribution is 2.15. The molecule has 7 heteroatoms. The number of hydrogen-bond donors (Lipinski definition) is 1. The van der Waals surface area contributed by atoms with E-state index in [1.54, 1.807) is 19.1 Å². The lowest BCUT2D eigenvalue weighted by Gasteiger charge is -2.18. The molecule has 1 rings (SSSR count). The summed E-state index contributed by atoms with van der Waals surface area (Å²) >= 11 is 5.80. The van der Waals surface area contributed by atoms with Gasteiger partial charge in [0.2, 0.25) is 15.9 Å². The first-order chi connectivity index (χ1) is 9.26. The Labute approximate surface area is 125 Å². The maximum atomic E-state index is 11.8. The number of rotatable bonds is 6. The topological polar surface area (TPSA) is 66.5 Å². The predicted octanol–water partition coefficient (Wildman–Crippen LogP) is 1.80. The quantitative estimate of drug-likeness (QED) is 0.869. The lowest BCUT2D eigenvalue weighted by Crippen LogP contribution is -2.39. The number of carbonyl (C=O) groups excluding carboxylic acids is 1. The van der Waals surface area contributed by atoms with Crippen LogP contribution in [-0.4, -0.2) is 38.0 Å². The van der Waals surface area contributed by atoms with E-state index in [-0.39, 0.29) is 24.2 Å². The number of hydrogen-bond acceptors (Lipinski definition) is 3. The van der Waals surface area contributed by atoms with Crippen molar-refractivity contribution in [3.63, 3.8) is 0 Å². The van der Waals surface area contributed by atoms with Crippen LogP contribution < -0.4 is 5.32 Å². The molecule has 0 bridgehead atoms. The molecule has 5 nitrogen and oxygen atoms in total. The maximum Gasteiger partial charge on any atom is 0.235 e. The molecule has 0 aliphatic rings. The summed E-state index contributed by atoms with van der Waals surface area (Å²) in [5.41, 5.74) is 0.906. The first-order valence-corrected chi connectivity index (χ1v) is 8.23. The molecule has 1 aromatic carbocycles. The van der Waals surface area contributed by atoms with Crippen LogP contribution in [0.15, 0.2) is 24.3 Å². The van der Waals surface area contributed by atoms with E-state index in [0.29, 0.717) is 5.02 Å². The first-order valence-electron chi connectivity index (χ1n) is 6.25. The van der Waals surface area contributed by atoms with Crippen molar-refractivity contribution < 1.29 is 13.2 Å². The van der Waals surface area contributed by atoms with Gasteiger partial charge in [-0.3, -0.25) is 4.79 Å². The summed E-state index contributed by atoms with van der Waals surface area (Å²) in [5, 5.41) is 3.38. The zero-order chi connectivity index (χ0) is 15.3. The van der Waals surface area contributed by atoms with Crippen LogP contribution in [0.2, 0.25) is 5.02 Å². The molecule has 1 unspecified atom stereocenters. The van der Waals surface area contributed by atoms with Gasteiger partial charge in [-0.05, 0) is 31.5 Å². The van der Waals surface area contributed by atoms with Gasteiger partial charge in [-0.1, -0.05) is 23.7 Å². The van der Waals surface area contributed by atoms with E-state index in [2.05, 4.69) is 5.32 Å². The zero-order valence-corrected chi connectivity index (χ0v) is 13.3. The Bertz CT molecular complexity index is 557. The van der Waals surface area contributed by atoms with Crippen LogP contribution >= 0.6 is 11.6 Å². The number of sulfonamides is 1. The number of nitrogens with zero attached hydrogens (tertiary/aromatic N) is 1. The summed E-state index contributed by atoms with van der Waals surface area (Å²) in [4.78, 5) is 11.8. The lowest BCUT2D eigenvalue weighted by atomic mass is 10.1. The fourth-order valence-electron chi connectivity index (χ4n) is 1.64. The average molecular weight is 319 g/mol. The summed E-state index contributed by atoms with van der Waals surface area (Å²) < 4.78 is 24.2. The van der Waals surface area contributed by atoms with Gasteiger partial charge in [0.05, 0.1) is 18.3 Å². The molecule has 1 N–H and O–H groups in total. The number of nitrogens with one attached hydrogen (secondary N) is 1. The summed E-state index contributed by atoms with van der Waals surface area (Å²) in [6.07, 6.45) is 0. The zero-order valence-electron chi connectivity index (χ0n) is 11.8. The summed E-state index contributed by atoms with van der Waals surface area (Å²) in [5.74, 6) is -0.365. The van der Waals surface area contributed by atoms with Crippen molar-refractivity contribution in [2.24, 2.45) is 0 Å². The molecule has 1 amide bonds. The standard InChI is InChI=1S/C13H19ClN2O3S/c1-4-20(18,19)16(3)9-13(17)15-10(2)11-5-7-12(14)8-6-11/h5-8,10H,4,9H2,1-3H3,(H,15,17). The molecule has 0 radical (unpaired) electrons. The van der Waals surface area contributed by atoms with Crippen molar-refractivity contribution in [2.45, 2.75) is 19.9 Å². The van der Waals surface area contributed by atoms with Gasteiger partial charge in [-0.25, -0.2) is 8.42 Å². The van der Waals surface area contributed by atoms with E-state index >= 15 is 0 Å². The molecule has 0 aliphatic carbocycles. The number of amides is 1. The van der Waals surface area contributed by atoms with Gasteiger partial charge in [0, 0.05) is 12.1 Å². The third-order valence-electron chi connectivity index (χ3n) is 2.95. The van der Waals surface area contributed by atoms with Gasteiger partial charge in [0.25, 0.3) is 0 Å². The van der Waals surface area contributed by atoms with Crippen molar-refractivity contribution >= 4 is 27.5 Å². The molecule has 112 valence electrons. The molecule has 0 spiro atoms. The van der Waals surface area contributed by atoms with E-state index in [0.717, 1.165) is 9.87 Å². The molecule has 20 heavy (non-hydrogen) atoms. The second-order valence-electron chi connectivity index (χ2n) is 4.50. The highest BCUT2D eigenvalue weighted by molar-refractivity contribution is 7.89. The molecule has 0 aliphatic heterocycles. The van der Waals surface area contributed by atoms with Gasteiger partial charge < -0.3 is 5.32 Å². The second-order valence-corrected chi connectivity index (χ2v) is 7.30. The summed E-state index contributed by atoms with van der Waals surface area (Å²) in [6.45, 7) is 3.18. The van der Waals surface area contributed by atoms with Gasteiger partial charge >= 0.3 is 0 Å². The average Bonchev–Trinajstić information content (AvgIpc) is 2.39. The number of likely N-dealkylation sites (N-methyl/N-ethyl adjacent to an activating group) is 1. The molecule has 0 aromatic heterocycles. The Balaban J connectivity index is 2.60. The lowest BCUT2D eigenvalue weighted by molar-refractivity contribution is -0.121. The molecule has 0 heterocycles. The Morgan fingerprint density at radius 2 is 1.90 bits per heavy atom. The molecule has 0 saturated carbocycles. The molecule has 1 atom stereocenters. The van der Waals surface area contributed by atoms with Gasteiger partial charge in [-0.2, -0.15) is 4.31 Å². The summed E-state index contributed by atoms with van der Waals surface area (Å²) in [7, 11) is -1.95. The van der Waals surface area contributed by atoms with Crippen LogP contribution in [-0.2, 0) is 14.8 Å². The molecular formula is C13H19ClN2O3S. The van der Waals surface area contributed by atoms with Crippen LogP contribution in [0.3, 0.4) is 0 Å². The normalized spacial score (nSPS) is 13.2. The van der Waals surface area contributed by atoms with Crippen molar-refractivity contribution in [2.75, 3.05) is 19.3 Å². The Morgan fingerprint density at radius 1 is 1.35 bits per heavy atom. The molecule has 0 fully saturated rings. The predicted molar refractivity (Wildman–Crippen MR) is 80.1 cm³/mol. The van der Waals surface area contributed by atoms with E-state index in [1.807, 2.05) is 19.1 Å². The van der Waals surface area contributed by atoms with Gasteiger partial charge in [-0.15, -0.1) is 0 Å². The highest BCUT2D eigenvalue weighted by atomic mass is 35.5. The minimum absolute atomic E-state index is 0.0243. The monoisotopic (exact) mass is 318 g/mol. The minimum atomic E-state index is -3.34. The van der Waals surface area contributed by atoms with Crippen LogP contribution in [0.4, 0.5) is 0 Å². The molecule has 0 saturated heterocycles. The first kappa shape index (κ1) is 16.9. The maximum absolute atomic E-state index is 11.8. The molecule has 1 aromatic rings. The Morgan fingerprint density at radius 3 is 2.40 bits per heavy atom. The summed E-state index contributed by atoms with van der Waals surface area (Å²) in [6, 6.07) is 6.91. The third kappa shape index (κ3) is 4.77. The van der Waals surface area contributed by atoms with Crippen molar-refractivity contribution in [3.05, 3.63) is 34.9 Å². The van der Waals surface area contributed by atoms with Crippen molar-refractivity contribution in [3.8, 4) is 0 Å². The number of benzene rings is 1. The SMILES string of the molecule is CCS(=O)(=O)N(C)CC(=O)NC(C)c1ccc(Cl)cc1. The van der Waals surface area contributed by atoms with Gasteiger partial charge in [0.1, 0.15) is 0 Å². The minimum Gasteiger partial charge on any atom is -0.348 e. The van der Waals surface area contributed by atoms with Crippen LogP contribution in [0.5, 0.6) is 0 Å². The number of halogens is 1. The van der Waals surface area contributed by atoms with Crippen LogP contribution in [0.1, 0.15) is 25.5 Å². The van der Waals surface area contributed by atoms with Crippen molar-refractivity contribution in [1.82, 2.24) is 9.62 Å². The van der Waals surface area contributed by atoms with E-state index in [4.69, 9.17) is 11.6 Å². The number of carbonyl (C=O) groups is 1. The smallest absolute Gasteiger partial charge is 0.235 e. The van der Waals surface area contributed by atoms with Crippen LogP contribution in [0, 0.1) is 0 Å². The highest BCUT2D eigenvalue weighted by Gasteiger charge is 2.19. The van der Waals surface area contributed by atoms with Crippen molar-refractivity contribution in [1.29, 1.82) is 0 Å². The van der Waals surface area contributed by atoms with Crippen LogP contribution in [0.25, 0.3) is 0 Å². The molecular weight excluding hydrogens is 300 g/mol. The fourth-order valence-corrected chi connectivity index (χ4v) is 2.52. The Hall–Kier alpha value is -1.11. The largest absolute Gasteiger partial charge is 0.348 e. The van der Waals surface area contributed by atoms with E-state index in [9.17, 15) is 13.2 Å². The van der Waals surface area contributed by atoms with Gasteiger partial charge in [0.15, 0.2) is 0 Å². The third-order valence-corrected chi connectivity index (χ3v) is 5.01. The second kappa shape index (κ2) is 7.06. The Kier molecular flexibility index (Phi) is 5.98. The van der Waals surface area contributed by atoms with E-state index in [1.165, 1.54) is 7.05 Å².